The Kier molecular flexibility index (Phi) is 4.04. The number of halogens is 1. The van der Waals surface area contributed by atoms with Gasteiger partial charge in [0.2, 0.25) is 0 Å². The summed E-state index contributed by atoms with van der Waals surface area (Å²) in [4.78, 5) is 0. The topological polar surface area (TPSA) is 64.3 Å². The molecule has 1 saturated carbocycles. The van der Waals surface area contributed by atoms with Crippen LogP contribution in [-0.4, -0.2) is 38.1 Å². The zero-order valence-electron chi connectivity index (χ0n) is 15.1. The molecule has 3 heterocycles. The monoisotopic (exact) mass is 367 g/mol. The molecule has 7 heteroatoms. The summed E-state index contributed by atoms with van der Waals surface area (Å²) in [5.74, 6) is 0.825. The van der Waals surface area contributed by atoms with Gasteiger partial charge in [0, 0.05) is 12.6 Å². The van der Waals surface area contributed by atoms with Gasteiger partial charge in [-0.15, -0.1) is 15.3 Å². The minimum Gasteiger partial charge on any atom is -0.375 e. The van der Waals surface area contributed by atoms with Crippen molar-refractivity contribution >= 4 is 11.5 Å². The zero-order valence-corrected chi connectivity index (χ0v) is 15.1. The van der Waals surface area contributed by atoms with E-state index in [0.717, 1.165) is 38.1 Å². The first-order chi connectivity index (χ1) is 13.2. The Bertz CT molecular complexity index is 966. The van der Waals surface area contributed by atoms with Gasteiger partial charge in [0.15, 0.2) is 11.5 Å². The van der Waals surface area contributed by atoms with E-state index in [1.807, 2.05) is 12.1 Å². The number of aromatic nitrogens is 4. The third-order valence-electron chi connectivity index (χ3n) is 5.74. The number of hydrogen-bond acceptors (Lipinski definition) is 5. The quantitative estimate of drug-likeness (QED) is 0.762. The maximum atomic E-state index is 14.2. The maximum Gasteiger partial charge on any atom is 0.188 e. The molecule has 1 N–H and O–H groups in total. The lowest BCUT2D eigenvalue weighted by Gasteiger charge is -2.38. The van der Waals surface area contributed by atoms with E-state index in [1.54, 1.807) is 22.7 Å². The van der Waals surface area contributed by atoms with Crippen LogP contribution in [0.3, 0.4) is 0 Å². The molecule has 1 atom stereocenters. The van der Waals surface area contributed by atoms with Gasteiger partial charge in [-0.05, 0) is 49.9 Å². The fourth-order valence-electron chi connectivity index (χ4n) is 4.40. The summed E-state index contributed by atoms with van der Waals surface area (Å²) in [5.41, 5.74) is 1.04. The number of rotatable bonds is 3. The number of fused-ring (bicyclic) bond motifs is 1. The van der Waals surface area contributed by atoms with Crippen molar-refractivity contribution in [3.63, 3.8) is 0 Å². The van der Waals surface area contributed by atoms with Crippen molar-refractivity contribution in [2.75, 3.05) is 11.9 Å². The van der Waals surface area contributed by atoms with E-state index < -0.39 is 0 Å². The lowest BCUT2D eigenvalue weighted by molar-refractivity contribution is -0.0767. The Labute approximate surface area is 156 Å². The number of ether oxygens (including phenoxy) is 1. The fourth-order valence-corrected chi connectivity index (χ4v) is 4.40. The lowest BCUT2D eigenvalue weighted by Crippen LogP contribution is -2.42. The molecule has 1 aliphatic heterocycles. The fraction of sp³-hybridized carbons (Fsp3) is 0.450. The van der Waals surface area contributed by atoms with Crippen molar-refractivity contribution < 1.29 is 9.13 Å². The first-order valence-electron chi connectivity index (χ1n) is 9.60. The number of hydrogen-bond donors (Lipinski definition) is 1. The van der Waals surface area contributed by atoms with Crippen molar-refractivity contribution in [1.29, 1.82) is 0 Å². The molecule has 0 bridgehead atoms. The highest BCUT2D eigenvalue weighted by Crippen LogP contribution is 2.40. The second-order valence-electron chi connectivity index (χ2n) is 7.56. The van der Waals surface area contributed by atoms with E-state index >= 15 is 0 Å². The molecule has 140 valence electrons. The molecule has 0 amide bonds. The van der Waals surface area contributed by atoms with E-state index in [2.05, 4.69) is 20.6 Å². The largest absolute Gasteiger partial charge is 0.375 e. The average Bonchev–Trinajstić information content (AvgIpc) is 3.29. The highest BCUT2D eigenvalue weighted by molar-refractivity contribution is 5.60. The van der Waals surface area contributed by atoms with Crippen LogP contribution in [0.2, 0.25) is 0 Å². The molecule has 1 aromatic carbocycles. The second-order valence-corrected chi connectivity index (χ2v) is 7.56. The minimum absolute atomic E-state index is 0.0505. The summed E-state index contributed by atoms with van der Waals surface area (Å²) in [5, 5.41) is 16.4. The first-order valence-corrected chi connectivity index (χ1v) is 9.60. The summed E-state index contributed by atoms with van der Waals surface area (Å²) in [6, 6.07) is 10.6. The van der Waals surface area contributed by atoms with Crippen molar-refractivity contribution in [3.05, 3.63) is 42.2 Å². The van der Waals surface area contributed by atoms with Crippen LogP contribution in [0.4, 0.5) is 10.2 Å². The predicted molar refractivity (Wildman–Crippen MR) is 100.0 cm³/mol. The van der Waals surface area contributed by atoms with Crippen LogP contribution in [-0.2, 0) is 4.74 Å². The van der Waals surface area contributed by atoms with Crippen LogP contribution in [0.25, 0.3) is 17.0 Å². The Morgan fingerprint density at radius 1 is 1.11 bits per heavy atom. The van der Waals surface area contributed by atoms with Crippen LogP contribution in [0.15, 0.2) is 36.4 Å². The smallest absolute Gasteiger partial charge is 0.188 e. The van der Waals surface area contributed by atoms with Crippen molar-refractivity contribution in [2.24, 2.45) is 0 Å². The maximum absolute atomic E-state index is 14.2. The summed E-state index contributed by atoms with van der Waals surface area (Å²) >= 11 is 0. The van der Waals surface area contributed by atoms with E-state index in [0.29, 0.717) is 23.1 Å². The number of anilines is 1. The highest BCUT2D eigenvalue weighted by atomic mass is 19.1. The standard InChI is InChI=1S/C20H22FN5O/c21-16-6-2-1-5-15(16)19-24-23-18-8-7-17(25-26(18)19)22-14-9-12-27-20(13-14)10-3-4-11-20/h1-2,5-8,14H,3-4,9-13H2,(H,22,25). The molecule has 0 radical (unpaired) electrons. The molecular formula is C20H22FN5O. The molecule has 1 spiro atoms. The van der Waals surface area contributed by atoms with Gasteiger partial charge < -0.3 is 10.1 Å². The van der Waals surface area contributed by atoms with Crippen molar-refractivity contribution in [3.8, 4) is 11.4 Å². The summed E-state index contributed by atoms with van der Waals surface area (Å²) < 4.78 is 21.9. The molecule has 2 fully saturated rings. The van der Waals surface area contributed by atoms with Gasteiger partial charge in [0.1, 0.15) is 11.6 Å². The molecule has 27 heavy (non-hydrogen) atoms. The van der Waals surface area contributed by atoms with E-state index in [9.17, 15) is 4.39 Å². The van der Waals surface area contributed by atoms with Crippen LogP contribution >= 0.6 is 0 Å². The van der Waals surface area contributed by atoms with E-state index in [-0.39, 0.29) is 11.4 Å². The molecule has 1 aliphatic carbocycles. The molecular weight excluding hydrogens is 345 g/mol. The van der Waals surface area contributed by atoms with Gasteiger partial charge in [-0.25, -0.2) is 4.39 Å². The number of nitrogens with zero attached hydrogens (tertiary/aromatic N) is 4. The normalized spacial score (nSPS) is 21.7. The Hall–Kier alpha value is -2.54. The highest BCUT2D eigenvalue weighted by Gasteiger charge is 2.39. The van der Waals surface area contributed by atoms with Gasteiger partial charge in [0.05, 0.1) is 11.2 Å². The van der Waals surface area contributed by atoms with Gasteiger partial charge >= 0.3 is 0 Å². The van der Waals surface area contributed by atoms with Gasteiger partial charge in [-0.3, -0.25) is 0 Å². The van der Waals surface area contributed by atoms with Crippen LogP contribution in [0.5, 0.6) is 0 Å². The molecule has 1 unspecified atom stereocenters. The predicted octanol–water partition coefficient (Wildman–Crippen LogP) is 3.83. The SMILES string of the molecule is Fc1ccccc1-c1nnc2ccc(NC3CCOC4(CCCC4)C3)nn12. The number of benzene rings is 1. The summed E-state index contributed by atoms with van der Waals surface area (Å²) in [6.07, 6.45) is 6.78. The molecule has 2 aliphatic rings. The average molecular weight is 367 g/mol. The van der Waals surface area contributed by atoms with Crippen molar-refractivity contribution in [2.45, 2.75) is 50.2 Å². The van der Waals surface area contributed by atoms with Gasteiger partial charge in [-0.2, -0.15) is 4.52 Å². The third kappa shape index (κ3) is 3.06. The lowest BCUT2D eigenvalue weighted by atomic mass is 9.89. The van der Waals surface area contributed by atoms with Crippen LogP contribution < -0.4 is 5.32 Å². The molecule has 6 nitrogen and oxygen atoms in total. The molecule has 2 aromatic heterocycles. The Balaban J connectivity index is 1.43. The minimum atomic E-state index is -0.334. The zero-order chi connectivity index (χ0) is 18.3. The Morgan fingerprint density at radius 2 is 1.96 bits per heavy atom. The van der Waals surface area contributed by atoms with E-state index in [1.165, 1.54) is 18.9 Å². The molecule has 1 saturated heterocycles. The third-order valence-corrected chi connectivity index (χ3v) is 5.74. The van der Waals surface area contributed by atoms with Crippen LogP contribution in [0.1, 0.15) is 38.5 Å². The second kappa shape index (κ2) is 6.56. The molecule has 3 aromatic rings. The van der Waals surface area contributed by atoms with Gasteiger partial charge in [0.25, 0.3) is 0 Å². The summed E-state index contributed by atoms with van der Waals surface area (Å²) in [7, 11) is 0. The number of nitrogens with one attached hydrogen (secondary N) is 1. The Morgan fingerprint density at radius 3 is 2.81 bits per heavy atom. The van der Waals surface area contributed by atoms with E-state index in [4.69, 9.17) is 4.74 Å². The van der Waals surface area contributed by atoms with Crippen LogP contribution in [0, 0.1) is 5.82 Å². The molecule has 5 rings (SSSR count). The van der Waals surface area contributed by atoms with Crippen molar-refractivity contribution in [1.82, 2.24) is 19.8 Å². The first kappa shape index (κ1) is 16.6. The summed E-state index contributed by atoms with van der Waals surface area (Å²) in [6.45, 7) is 0.785. The van der Waals surface area contributed by atoms with Gasteiger partial charge in [-0.1, -0.05) is 25.0 Å².